The number of carboxylic acids is 1. The van der Waals surface area contributed by atoms with Gasteiger partial charge in [-0.3, -0.25) is 18.6 Å². The quantitative estimate of drug-likeness (QED) is 0.0961. The molecule has 3 unspecified atom stereocenters. The molecule has 0 aliphatic heterocycles. The molecule has 0 saturated heterocycles. The van der Waals surface area contributed by atoms with E-state index in [9.17, 15) is 28.9 Å². The predicted molar refractivity (Wildman–Crippen MR) is 125 cm³/mol. The molecule has 0 fully saturated rings. The van der Waals surface area contributed by atoms with Crippen LogP contribution in [0.4, 0.5) is 0 Å². The number of carbonyl (C=O) groups is 3. The molecule has 0 bridgehead atoms. The Morgan fingerprint density at radius 2 is 1.35 bits per heavy atom. The van der Waals surface area contributed by atoms with E-state index in [-0.39, 0.29) is 12.8 Å². The van der Waals surface area contributed by atoms with Crippen LogP contribution >= 0.6 is 7.82 Å². The van der Waals surface area contributed by atoms with Gasteiger partial charge in [-0.25, -0.2) is 9.36 Å². The lowest BCUT2D eigenvalue weighted by molar-refractivity contribution is -0.147. The smallest absolute Gasteiger partial charge is 0.472 e. The van der Waals surface area contributed by atoms with Crippen LogP contribution in [-0.2, 0) is 32.7 Å². The zero-order chi connectivity index (χ0) is 25.8. The Kier molecular flexibility index (Phi) is 18.9. The molecule has 12 heteroatoms. The van der Waals surface area contributed by atoms with Crippen LogP contribution in [0.15, 0.2) is 0 Å². The zero-order valence-electron chi connectivity index (χ0n) is 20.4. The Morgan fingerprint density at radius 1 is 0.824 bits per heavy atom. The summed E-state index contributed by atoms with van der Waals surface area (Å²) in [6.45, 7) is 2.23. The molecule has 0 aromatic rings. The van der Waals surface area contributed by atoms with Crippen LogP contribution in [0.3, 0.4) is 0 Å². The van der Waals surface area contributed by atoms with Gasteiger partial charge >= 0.3 is 19.8 Å². The minimum absolute atomic E-state index is 0.134. The first-order valence-corrected chi connectivity index (χ1v) is 13.6. The van der Waals surface area contributed by atoms with Crippen LogP contribution in [0.5, 0.6) is 0 Å². The molecule has 0 aliphatic carbocycles. The Balaban J connectivity index is 4.13. The van der Waals surface area contributed by atoms with Crippen LogP contribution in [0, 0.1) is 0 Å². The van der Waals surface area contributed by atoms with Crippen molar-refractivity contribution < 1.29 is 47.8 Å². The van der Waals surface area contributed by atoms with Gasteiger partial charge in [0.05, 0.1) is 13.2 Å². The van der Waals surface area contributed by atoms with E-state index < -0.39 is 57.6 Å². The number of hydrogen-bond acceptors (Lipinski definition) is 8. The van der Waals surface area contributed by atoms with E-state index in [4.69, 9.17) is 9.84 Å². The Morgan fingerprint density at radius 3 is 1.97 bits per heavy atom. The molecule has 34 heavy (non-hydrogen) atoms. The summed E-state index contributed by atoms with van der Waals surface area (Å²) in [5.41, 5.74) is 0. The topological polar surface area (TPSA) is 169 Å². The van der Waals surface area contributed by atoms with Crippen LogP contribution in [0.2, 0.25) is 0 Å². The second-order valence-corrected chi connectivity index (χ2v) is 9.64. The summed E-state index contributed by atoms with van der Waals surface area (Å²) in [6, 6.07) is -1.53. The predicted octanol–water partition coefficient (Wildman–Crippen LogP) is 3.31. The second kappa shape index (κ2) is 19.8. The Labute approximate surface area is 202 Å². The summed E-state index contributed by atoms with van der Waals surface area (Å²) in [5.74, 6) is -2.42. The number of ether oxygens (including phenoxy) is 1. The minimum atomic E-state index is -4.71. The van der Waals surface area contributed by atoms with Crippen LogP contribution in [0.1, 0.15) is 90.9 Å². The highest BCUT2D eigenvalue weighted by Gasteiger charge is 2.28. The number of nitrogens with one attached hydrogen (secondary N) is 1. The van der Waals surface area contributed by atoms with Crippen molar-refractivity contribution in [3.05, 3.63) is 0 Å². The highest BCUT2D eigenvalue weighted by atomic mass is 31.2. The summed E-state index contributed by atoms with van der Waals surface area (Å²) < 4.78 is 26.1. The fourth-order valence-corrected chi connectivity index (χ4v) is 3.67. The van der Waals surface area contributed by atoms with E-state index in [1.165, 1.54) is 19.3 Å². The SMILES string of the molecule is CCCCCCCCCC(=O)OCC(O)COP(=O)(O)OCC(NC(=O)CCCCC)C(=O)O. The van der Waals surface area contributed by atoms with Gasteiger partial charge in [-0.2, -0.15) is 0 Å². The van der Waals surface area contributed by atoms with Crippen molar-refractivity contribution in [1.29, 1.82) is 0 Å². The summed E-state index contributed by atoms with van der Waals surface area (Å²) >= 11 is 0. The minimum Gasteiger partial charge on any atom is -0.480 e. The fraction of sp³-hybridized carbons (Fsp3) is 0.864. The molecule has 0 rings (SSSR count). The average molecular weight is 512 g/mol. The number of phosphoric ester groups is 1. The molecule has 0 spiro atoms. The van der Waals surface area contributed by atoms with Gasteiger partial charge in [0.2, 0.25) is 5.91 Å². The maximum atomic E-state index is 11.9. The number of hydrogen-bond donors (Lipinski definition) is 4. The Hall–Kier alpha value is -1.52. The van der Waals surface area contributed by atoms with Crippen LogP contribution < -0.4 is 5.32 Å². The monoisotopic (exact) mass is 511 g/mol. The highest BCUT2D eigenvalue weighted by molar-refractivity contribution is 7.47. The number of aliphatic hydroxyl groups excluding tert-OH is 1. The van der Waals surface area contributed by atoms with Crippen molar-refractivity contribution in [2.45, 2.75) is 103 Å². The van der Waals surface area contributed by atoms with E-state index in [1.54, 1.807) is 0 Å². The molecule has 4 N–H and O–H groups in total. The first-order chi connectivity index (χ1) is 16.1. The molecule has 0 radical (unpaired) electrons. The molecule has 200 valence electrons. The number of carboxylic acid groups (broad SMARTS) is 1. The van der Waals surface area contributed by atoms with Gasteiger partial charge in [0, 0.05) is 12.8 Å². The van der Waals surface area contributed by atoms with E-state index in [0.717, 1.165) is 32.1 Å². The lowest BCUT2D eigenvalue weighted by Crippen LogP contribution is -2.43. The van der Waals surface area contributed by atoms with E-state index in [0.29, 0.717) is 12.8 Å². The maximum absolute atomic E-state index is 11.9. The molecule has 0 saturated carbocycles. The van der Waals surface area contributed by atoms with Crippen molar-refractivity contribution in [3.63, 3.8) is 0 Å². The zero-order valence-corrected chi connectivity index (χ0v) is 21.3. The number of amides is 1. The second-order valence-electron chi connectivity index (χ2n) is 8.18. The molecule has 0 aromatic heterocycles. The number of carbonyl (C=O) groups excluding carboxylic acids is 2. The van der Waals surface area contributed by atoms with Gasteiger partial charge in [-0.05, 0) is 12.8 Å². The number of aliphatic carboxylic acids is 1. The number of unbranched alkanes of at least 4 members (excludes halogenated alkanes) is 8. The third-order valence-corrected chi connectivity index (χ3v) is 5.85. The molecule has 11 nitrogen and oxygen atoms in total. The number of rotatable bonds is 22. The van der Waals surface area contributed by atoms with Crippen molar-refractivity contribution in [3.8, 4) is 0 Å². The van der Waals surface area contributed by atoms with Gasteiger partial charge < -0.3 is 25.2 Å². The maximum Gasteiger partial charge on any atom is 0.472 e. The number of aliphatic hydroxyl groups is 1. The summed E-state index contributed by atoms with van der Waals surface area (Å²) in [6.07, 6.45) is 8.69. The molecule has 1 amide bonds. The average Bonchev–Trinajstić information content (AvgIpc) is 2.78. The normalized spacial score (nSPS) is 14.7. The molecule has 0 aromatic carbocycles. The van der Waals surface area contributed by atoms with Gasteiger partial charge in [-0.1, -0.05) is 65.2 Å². The van der Waals surface area contributed by atoms with Crippen molar-refractivity contribution in [2.24, 2.45) is 0 Å². The van der Waals surface area contributed by atoms with Crippen molar-refractivity contribution in [2.75, 3.05) is 19.8 Å². The molecule has 3 atom stereocenters. The van der Waals surface area contributed by atoms with E-state index in [1.807, 2.05) is 6.92 Å². The van der Waals surface area contributed by atoms with Crippen molar-refractivity contribution >= 4 is 25.7 Å². The number of esters is 1. The summed E-state index contributed by atoms with van der Waals surface area (Å²) in [7, 11) is -4.71. The van der Waals surface area contributed by atoms with E-state index >= 15 is 0 Å². The Bertz CT molecular complexity index is 631. The summed E-state index contributed by atoms with van der Waals surface area (Å²) in [5, 5.41) is 21.2. The lowest BCUT2D eigenvalue weighted by atomic mass is 10.1. The molecular formula is C22H42NO10P. The van der Waals surface area contributed by atoms with Gasteiger partial charge in [-0.15, -0.1) is 0 Å². The van der Waals surface area contributed by atoms with Crippen LogP contribution in [-0.4, -0.2) is 64.9 Å². The van der Waals surface area contributed by atoms with E-state index in [2.05, 4.69) is 21.3 Å². The third-order valence-electron chi connectivity index (χ3n) is 4.90. The fourth-order valence-electron chi connectivity index (χ4n) is 2.90. The highest BCUT2D eigenvalue weighted by Crippen LogP contribution is 2.43. The van der Waals surface area contributed by atoms with Gasteiger partial charge in [0.15, 0.2) is 6.04 Å². The first kappa shape index (κ1) is 32.5. The first-order valence-electron chi connectivity index (χ1n) is 12.1. The molecular weight excluding hydrogens is 469 g/mol. The largest absolute Gasteiger partial charge is 0.480 e. The van der Waals surface area contributed by atoms with Crippen molar-refractivity contribution in [1.82, 2.24) is 5.32 Å². The standard InChI is InChI=1S/C22H42NO10P/c1-3-5-7-8-9-10-12-14-21(26)31-15-18(24)16-32-34(29,30)33-17-19(22(27)28)23-20(25)13-11-6-4-2/h18-19,24H,3-17H2,1-2H3,(H,23,25)(H,27,28)(H,29,30). The molecule has 0 heterocycles. The van der Waals surface area contributed by atoms with Gasteiger partial charge in [0.1, 0.15) is 12.7 Å². The molecule has 0 aliphatic rings. The van der Waals surface area contributed by atoms with Crippen LogP contribution in [0.25, 0.3) is 0 Å². The number of phosphoric acid groups is 1. The third kappa shape index (κ3) is 18.9. The summed E-state index contributed by atoms with van der Waals surface area (Å²) in [4.78, 5) is 44.4. The lowest BCUT2D eigenvalue weighted by Gasteiger charge is -2.18. The van der Waals surface area contributed by atoms with Gasteiger partial charge in [0.25, 0.3) is 0 Å².